The maximum Gasteiger partial charge on any atom is 0.255 e. The van der Waals surface area contributed by atoms with Gasteiger partial charge in [0.1, 0.15) is 12.4 Å². The Kier molecular flexibility index (Phi) is 8.15. The normalized spacial score (nSPS) is 11.6. The van der Waals surface area contributed by atoms with Crippen LogP contribution >= 0.6 is 15.9 Å². The fraction of sp³-hybridized carbons (Fsp3) is 0.130. The van der Waals surface area contributed by atoms with Gasteiger partial charge in [-0.2, -0.15) is 9.41 Å². The first kappa shape index (κ1) is 23.6. The van der Waals surface area contributed by atoms with Crippen LogP contribution in [0.15, 0.2) is 93.3 Å². The number of hydrogen-bond acceptors (Lipinski definition) is 5. The van der Waals surface area contributed by atoms with Crippen molar-refractivity contribution in [3.8, 4) is 5.75 Å². The molecule has 0 saturated heterocycles. The summed E-state index contributed by atoms with van der Waals surface area (Å²) >= 11 is 3.26. The maximum absolute atomic E-state index is 12.6. The van der Waals surface area contributed by atoms with Crippen molar-refractivity contribution >= 4 is 38.1 Å². The topological polar surface area (TPSA) is 88.1 Å². The van der Waals surface area contributed by atoms with Crippen molar-refractivity contribution in [2.45, 2.75) is 11.5 Å². The van der Waals surface area contributed by atoms with Gasteiger partial charge >= 0.3 is 0 Å². The van der Waals surface area contributed by atoms with Crippen LogP contribution in [0.3, 0.4) is 0 Å². The molecule has 0 unspecified atom stereocenters. The molecule has 0 aliphatic carbocycles. The molecule has 32 heavy (non-hydrogen) atoms. The molecule has 9 heteroatoms. The number of rotatable bonds is 9. The molecule has 0 radical (unpaired) electrons. The van der Waals surface area contributed by atoms with Crippen molar-refractivity contribution in [1.82, 2.24) is 9.73 Å². The first-order chi connectivity index (χ1) is 15.3. The van der Waals surface area contributed by atoms with Gasteiger partial charge in [-0.05, 0) is 47.5 Å². The van der Waals surface area contributed by atoms with Gasteiger partial charge in [0.15, 0.2) is 0 Å². The molecule has 0 bridgehead atoms. The van der Waals surface area contributed by atoms with Crippen LogP contribution in [0.5, 0.6) is 5.75 Å². The molecular weight excluding hydrogens is 494 g/mol. The van der Waals surface area contributed by atoms with E-state index in [1.165, 1.54) is 25.4 Å². The first-order valence-corrected chi connectivity index (χ1v) is 11.9. The summed E-state index contributed by atoms with van der Waals surface area (Å²) in [4.78, 5) is 12.2. The van der Waals surface area contributed by atoms with Crippen LogP contribution in [0, 0.1) is 0 Å². The molecule has 3 rings (SSSR count). The molecule has 0 aliphatic heterocycles. The molecule has 0 fully saturated rings. The lowest BCUT2D eigenvalue weighted by Crippen LogP contribution is -2.36. The Labute approximate surface area is 195 Å². The van der Waals surface area contributed by atoms with Crippen molar-refractivity contribution < 1.29 is 17.9 Å². The lowest BCUT2D eigenvalue weighted by Gasteiger charge is -2.16. The number of benzene rings is 3. The van der Waals surface area contributed by atoms with Crippen LogP contribution < -0.4 is 10.2 Å². The summed E-state index contributed by atoms with van der Waals surface area (Å²) in [6.07, 6.45) is 1.47. The van der Waals surface area contributed by atoms with Gasteiger partial charge in [0, 0.05) is 11.5 Å². The number of likely N-dealkylation sites (N-methyl/N-ethyl adjacent to an activating group) is 1. The number of sulfonamides is 1. The monoisotopic (exact) mass is 515 g/mol. The highest BCUT2D eigenvalue weighted by Crippen LogP contribution is 2.18. The highest BCUT2D eigenvalue weighted by molar-refractivity contribution is 9.10. The molecular formula is C23H22BrN3O4S. The summed E-state index contributed by atoms with van der Waals surface area (Å²) in [5.74, 6) is 0.116. The second-order valence-electron chi connectivity index (χ2n) is 6.85. The van der Waals surface area contributed by atoms with Crippen LogP contribution in [-0.2, 0) is 21.4 Å². The van der Waals surface area contributed by atoms with E-state index in [1.807, 2.05) is 48.5 Å². The van der Waals surface area contributed by atoms with E-state index in [-0.39, 0.29) is 11.4 Å². The molecule has 166 valence electrons. The Balaban J connectivity index is 1.53. The number of hydrazone groups is 1. The molecule has 7 nitrogen and oxygen atoms in total. The summed E-state index contributed by atoms with van der Waals surface area (Å²) in [6, 6.07) is 23.3. The fourth-order valence-corrected chi connectivity index (χ4v) is 4.10. The largest absolute Gasteiger partial charge is 0.489 e. The minimum atomic E-state index is -3.78. The Bertz CT molecular complexity index is 1180. The van der Waals surface area contributed by atoms with E-state index < -0.39 is 15.9 Å². The van der Waals surface area contributed by atoms with Crippen molar-refractivity contribution in [3.63, 3.8) is 0 Å². The standard InChI is InChI=1S/C23H22BrN3O4S/c1-27(32(29,30)22-12-10-20(24)11-13-22)16-23(28)26-25-15-19-8-5-9-21(14-19)31-17-18-6-3-2-4-7-18/h2-15H,16-17H2,1H3,(H,26,28)/b25-15-. The third-order valence-corrected chi connectivity index (χ3v) is 6.74. The second kappa shape index (κ2) is 11.0. The van der Waals surface area contributed by atoms with E-state index in [0.717, 1.165) is 19.9 Å². The molecule has 3 aromatic rings. The zero-order valence-corrected chi connectivity index (χ0v) is 19.7. The molecule has 0 heterocycles. The smallest absolute Gasteiger partial charge is 0.255 e. The Morgan fingerprint density at radius 1 is 1.06 bits per heavy atom. The van der Waals surface area contributed by atoms with Crippen molar-refractivity contribution in [2.24, 2.45) is 5.10 Å². The van der Waals surface area contributed by atoms with E-state index in [2.05, 4.69) is 26.5 Å². The molecule has 1 amide bonds. The molecule has 0 aliphatic rings. The highest BCUT2D eigenvalue weighted by Gasteiger charge is 2.22. The number of amides is 1. The maximum atomic E-state index is 12.6. The van der Waals surface area contributed by atoms with Crippen molar-refractivity contribution in [2.75, 3.05) is 13.6 Å². The summed E-state index contributed by atoms with van der Waals surface area (Å²) in [5.41, 5.74) is 4.13. The summed E-state index contributed by atoms with van der Waals surface area (Å²) in [6.45, 7) is 0.0767. The van der Waals surface area contributed by atoms with Gasteiger partial charge < -0.3 is 4.74 Å². The van der Waals surface area contributed by atoms with Gasteiger partial charge in [0.05, 0.1) is 17.7 Å². The van der Waals surface area contributed by atoms with E-state index in [9.17, 15) is 13.2 Å². The van der Waals surface area contributed by atoms with Crippen molar-refractivity contribution in [1.29, 1.82) is 0 Å². The zero-order chi connectivity index (χ0) is 23.0. The number of ether oxygens (including phenoxy) is 1. The van der Waals surface area contributed by atoms with E-state index in [0.29, 0.717) is 12.4 Å². The molecule has 1 N–H and O–H groups in total. The molecule has 0 saturated carbocycles. The summed E-state index contributed by atoms with van der Waals surface area (Å²) < 4.78 is 32.6. The van der Waals surface area contributed by atoms with Crippen LogP contribution in [0.25, 0.3) is 0 Å². The van der Waals surface area contributed by atoms with Gasteiger partial charge in [-0.15, -0.1) is 0 Å². The number of carbonyl (C=O) groups is 1. The van der Waals surface area contributed by atoms with Crippen LogP contribution in [0.1, 0.15) is 11.1 Å². The van der Waals surface area contributed by atoms with Crippen LogP contribution in [0.4, 0.5) is 0 Å². The van der Waals surface area contributed by atoms with Gasteiger partial charge in [-0.1, -0.05) is 58.4 Å². The Morgan fingerprint density at radius 2 is 1.78 bits per heavy atom. The van der Waals surface area contributed by atoms with Gasteiger partial charge in [-0.3, -0.25) is 4.79 Å². The summed E-state index contributed by atoms with van der Waals surface area (Å²) in [5, 5.41) is 3.91. The van der Waals surface area contributed by atoms with Gasteiger partial charge in [0.2, 0.25) is 10.0 Å². The minimum Gasteiger partial charge on any atom is -0.489 e. The quantitative estimate of drug-likeness (QED) is 0.346. The summed E-state index contributed by atoms with van der Waals surface area (Å²) in [7, 11) is -2.44. The van der Waals surface area contributed by atoms with Crippen LogP contribution in [-0.4, -0.2) is 38.4 Å². The molecule has 0 spiro atoms. The van der Waals surface area contributed by atoms with E-state index in [4.69, 9.17) is 4.74 Å². The first-order valence-electron chi connectivity index (χ1n) is 9.65. The van der Waals surface area contributed by atoms with E-state index >= 15 is 0 Å². The zero-order valence-electron chi connectivity index (χ0n) is 17.3. The second-order valence-corrected chi connectivity index (χ2v) is 9.82. The van der Waals surface area contributed by atoms with Gasteiger partial charge in [0.25, 0.3) is 5.91 Å². The predicted octanol–water partition coefficient (Wildman–Crippen LogP) is 3.80. The van der Waals surface area contributed by atoms with Crippen molar-refractivity contribution in [3.05, 3.63) is 94.5 Å². The minimum absolute atomic E-state index is 0.104. The van der Waals surface area contributed by atoms with E-state index in [1.54, 1.807) is 18.2 Å². The Morgan fingerprint density at radius 3 is 2.50 bits per heavy atom. The number of halogens is 1. The lowest BCUT2D eigenvalue weighted by atomic mass is 10.2. The average molecular weight is 516 g/mol. The molecule has 0 aromatic heterocycles. The fourth-order valence-electron chi connectivity index (χ4n) is 2.71. The third kappa shape index (κ3) is 6.74. The van der Waals surface area contributed by atoms with Gasteiger partial charge in [-0.25, -0.2) is 13.8 Å². The molecule has 3 aromatic carbocycles. The molecule has 0 atom stereocenters. The number of nitrogens with zero attached hydrogens (tertiary/aromatic N) is 2. The number of carbonyl (C=O) groups excluding carboxylic acids is 1. The van der Waals surface area contributed by atoms with Crippen LogP contribution in [0.2, 0.25) is 0 Å². The average Bonchev–Trinajstić information content (AvgIpc) is 2.79. The predicted molar refractivity (Wildman–Crippen MR) is 127 cm³/mol. The number of nitrogens with one attached hydrogen (secondary N) is 1. The lowest BCUT2D eigenvalue weighted by molar-refractivity contribution is -0.121. The SMILES string of the molecule is CN(CC(=O)N/N=C\c1cccc(OCc2ccccc2)c1)S(=O)(=O)c1ccc(Br)cc1. The Hall–Kier alpha value is -3.01. The third-order valence-electron chi connectivity index (χ3n) is 4.40. The highest BCUT2D eigenvalue weighted by atomic mass is 79.9. The number of hydrogen-bond donors (Lipinski definition) is 1.